The molecule has 0 amide bonds. The molecule has 1 aromatic carbocycles. The molecule has 2 rings (SSSR count). The van der Waals surface area contributed by atoms with Gasteiger partial charge in [0.25, 0.3) is 5.69 Å². The van der Waals surface area contributed by atoms with Crippen molar-refractivity contribution in [2.24, 2.45) is 11.7 Å². The Bertz CT molecular complexity index is 594. The van der Waals surface area contributed by atoms with Gasteiger partial charge in [-0.2, -0.15) is 4.98 Å². The second kappa shape index (κ2) is 5.15. The van der Waals surface area contributed by atoms with Crippen LogP contribution in [-0.4, -0.2) is 15.1 Å². The molecule has 1 heterocycles. The van der Waals surface area contributed by atoms with Crippen LogP contribution in [0.2, 0.25) is 0 Å². The Morgan fingerprint density at radius 3 is 2.68 bits per heavy atom. The van der Waals surface area contributed by atoms with Crippen molar-refractivity contribution < 1.29 is 9.45 Å². The van der Waals surface area contributed by atoms with Crippen LogP contribution in [0.1, 0.15) is 25.8 Å². The largest absolute Gasteiger partial charge is 0.337 e. The molecule has 0 bridgehead atoms. The van der Waals surface area contributed by atoms with Crippen LogP contribution in [-0.2, 0) is 0 Å². The summed E-state index contributed by atoms with van der Waals surface area (Å²) in [7, 11) is 0. The van der Waals surface area contributed by atoms with Gasteiger partial charge in [0.1, 0.15) is 5.56 Å². The molecule has 1 aromatic heterocycles. The van der Waals surface area contributed by atoms with Crippen molar-refractivity contribution in [3.63, 3.8) is 0 Å². The molecule has 7 heteroatoms. The summed E-state index contributed by atoms with van der Waals surface area (Å²) in [6.45, 7) is 3.86. The molecule has 100 valence electrons. The summed E-state index contributed by atoms with van der Waals surface area (Å²) in [5.41, 5.74) is 6.15. The van der Waals surface area contributed by atoms with Gasteiger partial charge >= 0.3 is 0 Å². The van der Waals surface area contributed by atoms with E-state index >= 15 is 0 Å². The van der Waals surface area contributed by atoms with Crippen LogP contribution >= 0.6 is 0 Å². The van der Waals surface area contributed by atoms with Crippen LogP contribution < -0.4 is 5.73 Å². The van der Waals surface area contributed by atoms with Crippen LogP contribution in [0.15, 0.2) is 28.8 Å². The fraction of sp³-hybridized carbons (Fsp3) is 0.333. The van der Waals surface area contributed by atoms with E-state index in [9.17, 15) is 10.1 Å². The summed E-state index contributed by atoms with van der Waals surface area (Å²) in [5.74, 6) is 0.598. The van der Waals surface area contributed by atoms with Crippen LogP contribution in [0.3, 0.4) is 0 Å². The maximum Gasteiger partial charge on any atom is 0.280 e. The van der Waals surface area contributed by atoms with E-state index in [0.717, 1.165) is 0 Å². The Balaban J connectivity index is 2.41. The molecule has 0 saturated carbocycles. The lowest BCUT2D eigenvalue weighted by Gasteiger charge is -2.09. The van der Waals surface area contributed by atoms with Crippen LogP contribution in [0.4, 0.5) is 5.69 Å². The van der Waals surface area contributed by atoms with Gasteiger partial charge in [0.2, 0.25) is 11.7 Å². The topological polar surface area (TPSA) is 108 Å². The molecular weight excluding hydrogens is 248 g/mol. The average Bonchev–Trinajstić information content (AvgIpc) is 2.87. The lowest BCUT2D eigenvalue weighted by atomic mass is 10.1. The van der Waals surface area contributed by atoms with E-state index in [4.69, 9.17) is 10.3 Å². The number of nitro benzene ring substituents is 1. The summed E-state index contributed by atoms with van der Waals surface area (Å²) in [4.78, 5) is 14.6. The Labute approximate surface area is 109 Å². The zero-order chi connectivity index (χ0) is 14.0. The molecule has 0 radical (unpaired) electrons. The van der Waals surface area contributed by atoms with Crippen molar-refractivity contribution in [2.75, 3.05) is 0 Å². The molecule has 1 atom stereocenters. The van der Waals surface area contributed by atoms with Crippen LogP contribution in [0.5, 0.6) is 0 Å². The SMILES string of the molecule is CC(C)[C@H](N)c1nc(-c2ccccc2[N+](=O)[O-])no1. The summed E-state index contributed by atoms with van der Waals surface area (Å²) >= 11 is 0. The minimum absolute atomic E-state index is 0.0621. The van der Waals surface area contributed by atoms with E-state index in [0.29, 0.717) is 5.56 Å². The van der Waals surface area contributed by atoms with Crippen molar-refractivity contribution in [1.82, 2.24) is 10.1 Å². The van der Waals surface area contributed by atoms with Gasteiger partial charge < -0.3 is 10.3 Å². The monoisotopic (exact) mass is 262 g/mol. The summed E-state index contributed by atoms with van der Waals surface area (Å²) in [6, 6.07) is 5.86. The minimum atomic E-state index is -0.478. The van der Waals surface area contributed by atoms with Crippen molar-refractivity contribution in [3.05, 3.63) is 40.3 Å². The first-order valence-corrected chi connectivity index (χ1v) is 5.83. The fourth-order valence-electron chi connectivity index (χ4n) is 1.59. The summed E-state index contributed by atoms with van der Waals surface area (Å²) in [6.07, 6.45) is 0. The van der Waals surface area contributed by atoms with E-state index in [1.54, 1.807) is 18.2 Å². The highest BCUT2D eigenvalue weighted by Gasteiger charge is 2.22. The maximum absolute atomic E-state index is 10.9. The number of benzene rings is 1. The maximum atomic E-state index is 10.9. The number of nitrogens with zero attached hydrogens (tertiary/aromatic N) is 3. The number of hydrogen-bond acceptors (Lipinski definition) is 6. The summed E-state index contributed by atoms with van der Waals surface area (Å²) < 4.78 is 5.07. The van der Waals surface area contributed by atoms with Crippen molar-refractivity contribution in [2.45, 2.75) is 19.9 Å². The van der Waals surface area contributed by atoms with Crippen molar-refractivity contribution in [1.29, 1.82) is 0 Å². The van der Waals surface area contributed by atoms with Gasteiger partial charge in [-0.3, -0.25) is 10.1 Å². The standard InChI is InChI=1S/C12H14N4O3/c1-7(2)10(13)12-14-11(15-19-12)8-5-3-4-6-9(8)16(17)18/h3-7,10H,13H2,1-2H3/t10-/m0/s1. The van der Waals surface area contributed by atoms with Gasteiger partial charge in [-0.05, 0) is 12.0 Å². The van der Waals surface area contributed by atoms with Gasteiger partial charge in [0.15, 0.2) is 0 Å². The number of hydrogen-bond donors (Lipinski definition) is 1. The number of nitrogens with two attached hydrogens (primary N) is 1. The molecule has 2 aromatic rings. The second-order valence-electron chi connectivity index (χ2n) is 4.50. The number of nitro groups is 1. The molecule has 2 N–H and O–H groups in total. The molecule has 7 nitrogen and oxygen atoms in total. The van der Waals surface area contributed by atoms with Crippen molar-refractivity contribution in [3.8, 4) is 11.4 Å². The molecule has 0 fully saturated rings. The molecule has 0 aliphatic rings. The minimum Gasteiger partial charge on any atom is -0.337 e. The van der Waals surface area contributed by atoms with Crippen LogP contribution in [0, 0.1) is 16.0 Å². The molecule has 0 aliphatic heterocycles. The molecule has 0 spiro atoms. The molecule has 0 saturated heterocycles. The first-order valence-electron chi connectivity index (χ1n) is 5.83. The van der Waals surface area contributed by atoms with Gasteiger partial charge in [-0.25, -0.2) is 0 Å². The van der Waals surface area contributed by atoms with E-state index < -0.39 is 4.92 Å². The summed E-state index contributed by atoms with van der Waals surface area (Å²) in [5, 5.41) is 14.7. The predicted molar refractivity (Wildman–Crippen MR) is 68.2 cm³/mol. The lowest BCUT2D eigenvalue weighted by Crippen LogP contribution is -2.16. The highest BCUT2D eigenvalue weighted by molar-refractivity contribution is 5.67. The number of rotatable bonds is 4. The normalized spacial score (nSPS) is 12.6. The highest BCUT2D eigenvalue weighted by atomic mass is 16.6. The number of para-hydroxylation sites is 1. The first-order chi connectivity index (χ1) is 9.00. The predicted octanol–water partition coefficient (Wildman–Crippen LogP) is 2.30. The van der Waals surface area contributed by atoms with E-state index in [1.807, 2.05) is 13.8 Å². The lowest BCUT2D eigenvalue weighted by molar-refractivity contribution is -0.384. The van der Waals surface area contributed by atoms with Crippen molar-refractivity contribution >= 4 is 5.69 Å². The smallest absolute Gasteiger partial charge is 0.280 e. The zero-order valence-electron chi connectivity index (χ0n) is 10.6. The second-order valence-corrected chi connectivity index (χ2v) is 4.50. The molecular formula is C12H14N4O3. The third-order valence-corrected chi connectivity index (χ3v) is 2.79. The molecule has 0 unspecified atom stereocenters. The zero-order valence-corrected chi connectivity index (χ0v) is 10.6. The Morgan fingerprint density at radius 1 is 1.37 bits per heavy atom. The van der Waals surface area contributed by atoms with Gasteiger partial charge in [0, 0.05) is 6.07 Å². The van der Waals surface area contributed by atoms with Crippen LogP contribution in [0.25, 0.3) is 11.4 Å². The third-order valence-electron chi connectivity index (χ3n) is 2.79. The van der Waals surface area contributed by atoms with Gasteiger partial charge in [0.05, 0.1) is 11.0 Å². The Hall–Kier alpha value is -2.28. The van der Waals surface area contributed by atoms with Gasteiger partial charge in [-0.15, -0.1) is 0 Å². The average molecular weight is 262 g/mol. The quantitative estimate of drug-likeness (QED) is 0.669. The van der Waals surface area contributed by atoms with E-state index in [-0.39, 0.29) is 29.4 Å². The fourth-order valence-corrected chi connectivity index (χ4v) is 1.59. The number of aromatic nitrogens is 2. The third kappa shape index (κ3) is 2.60. The van der Waals surface area contributed by atoms with E-state index in [2.05, 4.69) is 10.1 Å². The molecule has 0 aliphatic carbocycles. The Kier molecular flexibility index (Phi) is 3.57. The first kappa shape index (κ1) is 13.2. The molecule has 19 heavy (non-hydrogen) atoms. The Morgan fingerprint density at radius 2 is 2.05 bits per heavy atom. The van der Waals surface area contributed by atoms with E-state index in [1.165, 1.54) is 6.07 Å². The van der Waals surface area contributed by atoms with Gasteiger partial charge in [-0.1, -0.05) is 31.1 Å². The highest BCUT2D eigenvalue weighted by Crippen LogP contribution is 2.28.